The second kappa shape index (κ2) is 25.3. The van der Waals surface area contributed by atoms with Gasteiger partial charge < -0.3 is 60.3 Å². The molecule has 0 saturated heterocycles. The van der Waals surface area contributed by atoms with Crippen LogP contribution < -0.4 is 60.3 Å². The quantitative estimate of drug-likeness (QED) is 0.0294. The van der Waals surface area contributed by atoms with Gasteiger partial charge in [-0.2, -0.15) is 0 Å². The lowest BCUT2D eigenvalue weighted by Gasteiger charge is -2.56. The fraction of sp³-hybridized carbons (Fsp3) is 0.708. The van der Waals surface area contributed by atoms with Gasteiger partial charge >= 0.3 is 18.1 Å². The number of carbonyl (C=O) groups is 3. The van der Waals surface area contributed by atoms with Gasteiger partial charge in [-0.1, -0.05) is 156 Å². The number of rotatable bonds is 24. The Bertz CT molecular complexity index is 2670. The van der Waals surface area contributed by atoms with E-state index >= 15 is 0 Å². The molecule has 3 aliphatic heterocycles. The van der Waals surface area contributed by atoms with Gasteiger partial charge in [-0.05, 0) is 165 Å². The summed E-state index contributed by atoms with van der Waals surface area (Å²) in [7, 11) is 0. The summed E-state index contributed by atoms with van der Waals surface area (Å²) in [4.78, 5) is 42.2. The van der Waals surface area contributed by atoms with Crippen LogP contribution in [0.5, 0.6) is 34.5 Å². The number of amides is 6. The first-order valence-corrected chi connectivity index (χ1v) is 35.4. The smallest absolute Gasteiger partial charge is 0.315 e. The highest BCUT2D eigenvalue weighted by atomic mass is 16.8. The molecule has 13 rings (SSSR count). The average molecular weight is 1200 g/mol. The van der Waals surface area contributed by atoms with Gasteiger partial charge in [0.2, 0.25) is 0 Å². The van der Waals surface area contributed by atoms with Crippen LogP contribution in [0, 0.1) is 17.8 Å². The lowest BCUT2D eigenvalue weighted by atomic mass is 9.62. The Morgan fingerprint density at radius 2 is 0.540 bits per heavy atom. The van der Waals surface area contributed by atoms with Crippen molar-refractivity contribution in [2.45, 2.75) is 286 Å². The third-order valence-electron chi connectivity index (χ3n) is 22.7. The summed E-state index contributed by atoms with van der Waals surface area (Å²) in [5, 5.41) is 26.1. The third-order valence-corrected chi connectivity index (χ3v) is 22.7. The summed E-state index contributed by atoms with van der Waals surface area (Å²) in [6, 6.07) is 12.6. The largest absolute Gasteiger partial charge is 0.446 e. The number of hydrogen-bond donors (Lipinski definition) is 6. The van der Waals surface area contributed by atoms with Gasteiger partial charge in [0.15, 0.2) is 34.5 Å². The second-order valence-corrected chi connectivity index (χ2v) is 28.3. The minimum atomic E-state index is -1.08. The maximum absolute atomic E-state index is 14.1. The molecule has 15 nitrogen and oxygen atoms in total. The van der Waals surface area contributed by atoms with Gasteiger partial charge in [-0.15, -0.1) is 0 Å². The average Bonchev–Trinajstić information content (AvgIpc) is 2.02. The van der Waals surface area contributed by atoms with Crippen molar-refractivity contribution in [2.24, 2.45) is 17.8 Å². The van der Waals surface area contributed by atoms with Crippen molar-refractivity contribution < 1.29 is 42.8 Å². The highest BCUT2D eigenvalue weighted by Crippen LogP contribution is 2.63. The van der Waals surface area contributed by atoms with E-state index in [4.69, 9.17) is 28.4 Å². The number of fused-ring (bicyclic) bond motifs is 9. The molecule has 9 aliphatic rings. The molecule has 0 atom stereocenters. The normalized spacial score (nSPS) is 30.3. The molecule has 4 aromatic carbocycles. The van der Waals surface area contributed by atoms with E-state index < -0.39 is 34.0 Å². The van der Waals surface area contributed by atoms with E-state index in [1.165, 1.54) is 77.0 Å². The van der Waals surface area contributed by atoms with Crippen molar-refractivity contribution in [2.75, 3.05) is 19.6 Å². The van der Waals surface area contributed by atoms with Gasteiger partial charge in [0, 0.05) is 37.4 Å². The molecule has 6 amide bonds. The van der Waals surface area contributed by atoms with E-state index in [-0.39, 0.29) is 35.8 Å². The van der Waals surface area contributed by atoms with E-state index in [2.05, 4.69) is 89.1 Å². The van der Waals surface area contributed by atoms with Crippen molar-refractivity contribution >= 4 is 50.4 Å². The Labute approximate surface area is 517 Å². The zero-order valence-electron chi connectivity index (χ0n) is 52.9. The number of carbonyl (C=O) groups excluding carboxylic acids is 3. The first kappa shape index (κ1) is 60.2. The van der Waals surface area contributed by atoms with Crippen LogP contribution in [0.4, 0.5) is 14.4 Å². The van der Waals surface area contributed by atoms with Gasteiger partial charge in [-0.3, -0.25) is 0 Å². The van der Waals surface area contributed by atoms with Crippen molar-refractivity contribution in [1.29, 1.82) is 0 Å². The predicted molar refractivity (Wildman–Crippen MR) is 342 cm³/mol. The van der Waals surface area contributed by atoms with Crippen LogP contribution in [0.1, 0.15) is 252 Å². The van der Waals surface area contributed by atoms with Crippen LogP contribution in [0.25, 0.3) is 32.3 Å². The van der Waals surface area contributed by atoms with E-state index in [1.54, 1.807) is 0 Å². The fourth-order valence-electron chi connectivity index (χ4n) is 18.4. The van der Waals surface area contributed by atoms with Crippen LogP contribution in [0.15, 0.2) is 36.4 Å². The van der Waals surface area contributed by atoms with Crippen LogP contribution in [-0.4, -0.2) is 71.7 Å². The molecule has 3 spiro atoms. The summed E-state index contributed by atoms with van der Waals surface area (Å²) < 4.78 is 44.6. The molecule has 6 fully saturated rings. The molecule has 6 bridgehead atoms. The third kappa shape index (κ3) is 10.8. The SMILES string of the molecule is CCCCCCCCNC(=O)NC12CCCC(CCC1)C21Oc2cc3c4cc5c(cc4c4cc6c(cc4c3cc2O1)OC1(O6)C2CCCC1(NC(=O)NCCCCCCCC)CCC2)OC1(O5)C2CCCC1(NC(=O)NCCCCCCCC)CCC2. The van der Waals surface area contributed by atoms with Crippen molar-refractivity contribution in [3.8, 4) is 34.5 Å². The van der Waals surface area contributed by atoms with Crippen LogP contribution in [-0.2, 0) is 0 Å². The Morgan fingerprint density at radius 3 is 0.759 bits per heavy atom. The number of unbranched alkanes of at least 4 members (excludes halogenated alkanes) is 15. The summed E-state index contributed by atoms with van der Waals surface area (Å²) in [6.07, 6.45) is 37.1. The lowest BCUT2D eigenvalue weighted by Crippen LogP contribution is -2.75. The predicted octanol–water partition coefficient (Wildman–Crippen LogP) is 16.7. The zero-order valence-corrected chi connectivity index (χ0v) is 52.9. The molecular formula is C72H102N6O9. The Balaban J connectivity index is 0.865. The second-order valence-electron chi connectivity index (χ2n) is 28.3. The van der Waals surface area contributed by atoms with E-state index in [1.807, 2.05) is 0 Å². The summed E-state index contributed by atoms with van der Waals surface area (Å²) in [5.74, 6) is 1.01. The number of benzene rings is 4. The first-order chi connectivity index (χ1) is 42.5. The summed E-state index contributed by atoms with van der Waals surface area (Å²) in [5.41, 5.74) is -2.18. The zero-order chi connectivity index (χ0) is 59.7. The molecule has 15 heteroatoms. The molecule has 87 heavy (non-hydrogen) atoms. The van der Waals surface area contributed by atoms with Crippen LogP contribution in [0.3, 0.4) is 0 Å². The van der Waals surface area contributed by atoms with E-state index in [0.29, 0.717) is 54.1 Å². The van der Waals surface area contributed by atoms with Gasteiger partial charge in [-0.25, -0.2) is 14.4 Å². The standard InChI is InChI=1S/C72H102N6O9/c1-4-7-10-13-16-19-40-73-64(79)76-67-34-22-28-49(29-23-35-67)70(67)82-58-43-52-53(44-59(58)83-70)55-46-61-63(87-72(85-61)51-32-26-38-69(72,39-27-33-51)78-66(81)75-42-21-18-15-12-9-6-3)48-57(55)56-47-62-60(45-54(52)56)84-71(86-62)50-30-24-36-68(71,37-25-31-50)77-65(80)74-41-20-17-14-11-8-5-2/h43-51H,4-42H2,1-3H3,(H2,73,76,79)(H2,74,77,80)(H2,75,78,81). The van der Waals surface area contributed by atoms with Gasteiger partial charge in [0.1, 0.15) is 16.6 Å². The highest BCUT2D eigenvalue weighted by Gasteiger charge is 2.70. The summed E-state index contributed by atoms with van der Waals surface area (Å²) >= 11 is 0. The molecule has 0 radical (unpaired) electrons. The Kier molecular flexibility index (Phi) is 17.5. The first-order valence-electron chi connectivity index (χ1n) is 35.4. The van der Waals surface area contributed by atoms with E-state index in [0.717, 1.165) is 186 Å². The van der Waals surface area contributed by atoms with Gasteiger partial charge in [0.05, 0.1) is 0 Å². The molecule has 0 aromatic heterocycles. The molecule has 6 N–H and O–H groups in total. The molecule has 4 aromatic rings. The topological polar surface area (TPSA) is 179 Å². The Morgan fingerprint density at radius 1 is 0.333 bits per heavy atom. The number of urea groups is 3. The molecular weight excluding hydrogens is 1090 g/mol. The number of nitrogens with one attached hydrogen (secondary N) is 6. The lowest BCUT2D eigenvalue weighted by molar-refractivity contribution is -0.222. The van der Waals surface area contributed by atoms with Crippen molar-refractivity contribution in [3.63, 3.8) is 0 Å². The monoisotopic (exact) mass is 1190 g/mol. The molecule has 3 heterocycles. The molecule has 474 valence electrons. The van der Waals surface area contributed by atoms with Gasteiger partial charge in [0.25, 0.3) is 17.4 Å². The molecule has 6 aliphatic carbocycles. The van der Waals surface area contributed by atoms with E-state index in [9.17, 15) is 14.4 Å². The minimum Gasteiger partial charge on any atom is -0.446 e. The summed E-state index contributed by atoms with van der Waals surface area (Å²) in [6.45, 7) is 8.62. The van der Waals surface area contributed by atoms with Crippen LogP contribution in [0.2, 0.25) is 0 Å². The number of hydrogen-bond acceptors (Lipinski definition) is 9. The van der Waals surface area contributed by atoms with Crippen molar-refractivity contribution in [3.05, 3.63) is 36.4 Å². The maximum atomic E-state index is 14.1. The molecule has 0 unspecified atom stereocenters. The fourth-order valence-corrected chi connectivity index (χ4v) is 18.4. The minimum absolute atomic E-state index is 0.0832. The van der Waals surface area contributed by atoms with Crippen molar-refractivity contribution in [1.82, 2.24) is 31.9 Å². The highest BCUT2D eigenvalue weighted by molar-refractivity contribution is 6.27. The molecule has 6 saturated carbocycles. The Hall–Kier alpha value is -5.73. The van der Waals surface area contributed by atoms with Crippen LogP contribution >= 0.6 is 0 Å². The number of ether oxygens (including phenoxy) is 6. The maximum Gasteiger partial charge on any atom is 0.315 e.